The number of hydrogen-bond acceptors (Lipinski definition) is 7. The lowest BCUT2D eigenvalue weighted by molar-refractivity contribution is -0.153. The van der Waals surface area contributed by atoms with E-state index in [1.54, 1.807) is 6.92 Å². The maximum Gasteiger partial charge on any atom is 0.338 e. The maximum atomic E-state index is 12.3. The number of rotatable bonds is 3. The van der Waals surface area contributed by atoms with Gasteiger partial charge in [-0.1, -0.05) is 24.3 Å². The van der Waals surface area contributed by atoms with E-state index < -0.39 is 42.3 Å². The van der Waals surface area contributed by atoms with E-state index in [1.807, 2.05) is 24.3 Å². The smallest absolute Gasteiger partial charge is 0.338 e. The number of fused-ring (bicyclic) bond motifs is 3. The Morgan fingerprint density at radius 2 is 1.85 bits per heavy atom. The zero-order valence-electron chi connectivity index (χ0n) is 14.1. The van der Waals surface area contributed by atoms with Gasteiger partial charge in [-0.15, -0.1) is 0 Å². The van der Waals surface area contributed by atoms with Crippen molar-refractivity contribution in [1.82, 2.24) is 0 Å². The lowest BCUT2D eigenvalue weighted by atomic mass is 9.95. The predicted molar refractivity (Wildman–Crippen MR) is 86.1 cm³/mol. The van der Waals surface area contributed by atoms with E-state index in [4.69, 9.17) is 18.9 Å². The fraction of sp³-hybridized carbons (Fsp3) is 0.316. The summed E-state index contributed by atoms with van der Waals surface area (Å²) in [5.74, 6) is -1.97. The summed E-state index contributed by atoms with van der Waals surface area (Å²) in [5, 5.41) is 0. The number of cyclic esters (lactones) is 1. The Morgan fingerprint density at radius 3 is 2.50 bits per heavy atom. The van der Waals surface area contributed by atoms with Gasteiger partial charge in [0.05, 0.1) is 17.8 Å². The molecule has 1 aliphatic carbocycles. The van der Waals surface area contributed by atoms with Gasteiger partial charge >= 0.3 is 17.9 Å². The highest BCUT2D eigenvalue weighted by Crippen LogP contribution is 2.55. The summed E-state index contributed by atoms with van der Waals surface area (Å²) in [6.07, 6.45) is 0.685. The summed E-state index contributed by atoms with van der Waals surface area (Å²) in [6, 6.07) is 7.37. The van der Waals surface area contributed by atoms with E-state index in [-0.39, 0.29) is 5.57 Å². The van der Waals surface area contributed by atoms with Crippen LogP contribution < -0.4 is 0 Å². The molecule has 2 heterocycles. The molecular formula is C19H16O7. The molecule has 4 rings (SSSR count). The minimum atomic E-state index is -0.891. The summed E-state index contributed by atoms with van der Waals surface area (Å²) in [7, 11) is 0. The molecule has 2 aliphatic heterocycles. The third kappa shape index (κ3) is 2.56. The molecular weight excluding hydrogens is 340 g/mol. The Labute approximate surface area is 149 Å². The molecule has 1 fully saturated rings. The first kappa shape index (κ1) is 16.4. The highest BCUT2D eigenvalue weighted by atomic mass is 16.7. The number of carbonyl (C=O) groups excluding carboxylic acids is 3. The van der Waals surface area contributed by atoms with Crippen molar-refractivity contribution in [2.24, 2.45) is 5.92 Å². The minimum absolute atomic E-state index is 0.242. The van der Waals surface area contributed by atoms with Crippen LogP contribution in [0.4, 0.5) is 0 Å². The van der Waals surface area contributed by atoms with Gasteiger partial charge in [-0.2, -0.15) is 0 Å². The van der Waals surface area contributed by atoms with Crippen LogP contribution in [0.3, 0.4) is 0 Å². The predicted octanol–water partition coefficient (Wildman–Crippen LogP) is 2.25. The van der Waals surface area contributed by atoms with Crippen molar-refractivity contribution < 1.29 is 33.3 Å². The minimum Gasteiger partial charge on any atom is -0.458 e. The van der Waals surface area contributed by atoms with Gasteiger partial charge in [0, 0.05) is 29.7 Å². The van der Waals surface area contributed by atoms with Crippen molar-refractivity contribution in [3.8, 4) is 0 Å². The van der Waals surface area contributed by atoms with Crippen molar-refractivity contribution in [1.29, 1.82) is 0 Å². The lowest BCUT2D eigenvalue weighted by Gasteiger charge is -2.18. The topological polar surface area (TPSA) is 88.1 Å². The SMILES string of the molecule is CC(=O)O[C@@H]1c2ccccc2[C@H]2OC(=O)/C(=C/O[C@@H]3C=C(C)C(=O)O3)[C@@H]12. The lowest BCUT2D eigenvalue weighted by Crippen LogP contribution is -2.17. The zero-order valence-corrected chi connectivity index (χ0v) is 14.1. The van der Waals surface area contributed by atoms with Crippen LogP contribution in [0.15, 0.2) is 47.7 Å². The Morgan fingerprint density at radius 1 is 1.12 bits per heavy atom. The van der Waals surface area contributed by atoms with Gasteiger partial charge in [-0.05, 0) is 6.92 Å². The van der Waals surface area contributed by atoms with E-state index in [0.29, 0.717) is 5.57 Å². The first-order valence-electron chi connectivity index (χ1n) is 8.17. The highest BCUT2D eigenvalue weighted by Gasteiger charge is 2.53. The molecule has 1 saturated heterocycles. The Kier molecular flexibility index (Phi) is 3.79. The van der Waals surface area contributed by atoms with Crippen molar-refractivity contribution in [3.05, 3.63) is 58.9 Å². The average Bonchev–Trinajstić information content (AvgIpc) is 3.19. The van der Waals surface area contributed by atoms with Crippen LogP contribution in [0.5, 0.6) is 0 Å². The van der Waals surface area contributed by atoms with Gasteiger partial charge in [0.2, 0.25) is 0 Å². The average molecular weight is 356 g/mol. The molecule has 1 aromatic rings. The summed E-state index contributed by atoms with van der Waals surface area (Å²) in [5.41, 5.74) is 2.29. The second-order valence-corrected chi connectivity index (χ2v) is 6.34. The molecule has 7 nitrogen and oxygen atoms in total. The molecule has 134 valence electrons. The third-order valence-electron chi connectivity index (χ3n) is 4.64. The van der Waals surface area contributed by atoms with Crippen LogP contribution in [0.2, 0.25) is 0 Å². The summed E-state index contributed by atoms with van der Waals surface area (Å²) >= 11 is 0. The van der Waals surface area contributed by atoms with E-state index in [0.717, 1.165) is 11.1 Å². The molecule has 0 amide bonds. The number of hydrogen-bond donors (Lipinski definition) is 0. The second-order valence-electron chi connectivity index (χ2n) is 6.34. The van der Waals surface area contributed by atoms with E-state index in [9.17, 15) is 14.4 Å². The van der Waals surface area contributed by atoms with Gasteiger partial charge in [0.25, 0.3) is 6.29 Å². The molecule has 0 spiro atoms. The number of carbonyl (C=O) groups is 3. The number of benzene rings is 1. The molecule has 0 N–H and O–H groups in total. The molecule has 0 unspecified atom stereocenters. The molecule has 0 aromatic heterocycles. The Bertz CT molecular complexity index is 866. The van der Waals surface area contributed by atoms with Gasteiger partial charge in [-0.25, -0.2) is 9.59 Å². The molecule has 4 atom stereocenters. The van der Waals surface area contributed by atoms with Gasteiger partial charge in [0.15, 0.2) is 0 Å². The van der Waals surface area contributed by atoms with E-state index in [1.165, 1.54) is 19.3 Å². The third-order valence-corrected chi connectivity index (χ3v) is 4.64. The van der Waals surface area contributed by atoms with Crippen molar-refractivity contribution in [2.45, 2.75) is 32.3 Å². The molecule has 26 heavy (non-hydrogen) atoms. The maximum absolute atomic E-state index is 12.3. The number of esters is 3. The van der Waals surface area contributed by atoms with Crippen LogP contribution in [0.25, 0.3) is 0 Å². The Hall–Kier alpha value is -3.09. The van der Waals surface area contributed by atoms with E-state index in [2.05, 4.69) is 0 Å². The van der Waals surface area contributed by atoms with Crippen molar-refractivity contribution >= 4 is 17.9 Å². The molecule has 7 heteroatoms. The van der Waals surface area contributed by atoms with Gasteiger partial charge in [-0.3, -0.25) is 4.79 Å². The summed E-state index contributed by atoms with van der Waals surface area (Å²) < 4.78 is 21.4. The van der Waals surface area contributed by atoms with Crippen molar-refractivity contribution in [3.63, 3.8) is 0 Å². The van der Waals surface area contributed by atoms with Crippen molar-refractivity contribution in [2.75, 3.05) is 0 Å². The van der Waals surface area contributed by atoms with Crippen LogP contribution in [-0.2, 0) is 33.3 Å². The molecule has 3 aliphatic rings. The summed E-state index contributed by atoms with van der Waals surface area (Å²) in [4.78, 5) is 35.3. The largest absolute Gasteiger partial charge is 0.458 e. The second kappa shape index (κ2) is 6.01. The van der Waals surface area contributed by atoms with Crippen LogP contribution >= 0.6 is 0 Å². The van der Waals surface area contributed by atoms with Crippen LogP contribution in [-0.4, -0.2) is 24.2 Å². The first-order chi connectivity index (χ1) is 12.5. The quantitative estimate of drug-likeness (QED) is 0.355. The monoisotopic (exact) mass is 356 g/mol. The van der Waals surface area contributed by atoms with Gasteiger partial charge in [0.1, 0.15) is 12.2 Å². The molecule has 0 saturated carbocycles. The summed E-state index contributed by atoms with van der Waals surface area (Å²) in [6.45, 7) is 2.93. The molecule has 0 radical (unpaired) electrons. The van der Waals surface area contributed by atoms with E-state index >= 15 is 0 Å². The molecule has 1 aromatic carbocycles. The number of ether oxygens (including phenoxy) is 4. The highest BCUT2D eigenvalue weighted by molar-refractivity contribution is 5.92. The fourth-order valence-corrected chi connectivity index (χ4v) is 3.51. The Balaban J connectivity index is 1.65. The zero-order chi connectivity index (χ0) is 18.4. The first-order valence-corrected chi connectivity index (χ1v) is 8.17. The normalized spacial score (nSPS) is 30.4. The molecule has 0 bridgehead atoms. The van der Waals surface area contributed by atoms with Crippen LogP contribution in [0, 0.1) is 5.92 Å². The van der Waals surface area contributed by atoms with Gasteiger partial charge < -0.3 is 18.9 Å². The standard InChI is InChI=1S/C19H16O7/c1-9-7-14(25-18(9)21)23-8-13-15-16(24-10(2)20)11-5-3-4-6-12(11)17(15)26-19(13)22/h3-8,14-17H,1-2H3/b13-8+/t14-,15-,16+,17+/m0/s1. The van der Waals surface area contributed by atoms with Crippen LogP contribution in [0.1, 0.15) is 37.2 Å². The fourth-order valence-electron chi connectivity index (χ4n) is 3.51.